The number of nitrogens with one attached hydrogen (secondary N) is 1. The van der Waals surface area contributed by atoms with Crippen molar-refractivity contribution in [2.24, 2.45) is 0 Å². The van der Waals surface area contributed by atoms with Crippen LogP contribution in [0.15, 0.2) is 10.3 Å². The molecule has 114 valence electrons. The highest BCUT2D eigenvalue weighted by atomic mass is 32.2. The molecular weight excluding hydrogens is 298 g/mol. The van der Waals surface area contributed by atoms with E-state index in [1.54, 1.807) is 13.2 Å². The minimum Gasteiger partial charge on any atom is -0.391 e. The second-order valence-electron chi connectivity index (χ2n) is 4.71. The number of ether oxygens (including phenoxy) is 1. The number of nitrogen functional groups attached to an aromatic ring is 1. The van der Waals surface area contributed by atoms with E-state index in [2.05, 4.69) is 5.32 Å². The van der Waals surface area contributed by atoms with E-state index in [1.165, 1.54) is 4.31 Å². The smallest absolute Gasteiger partial charge is 0.253 e. The van der Waals surface area contributed by atoms with Gasteiger partial charge in [-0.25, -0.2) is 8.42 Å². The molecule has 2 heterocycles. The van der Waals surface area contributed by atoms with Crippen LogP contribution in [0.1, 0.15) is 24.9 Å². The van der Waals surface area contributed by atoms with Crippen molar-refractivity contribution in [3.63, 3.8) is 0 Å². The van der Waals surface area contributed by atoms with Gasteiger partial charge < -0.3 is 15.8 Å². The summed E-state index contributed by atoms with van der Waals surface area (Å²) in [6, 6.07) is 1.78. The maximum absolute atomic E-state index is 12.6. The van der Waals surface area contributed by atoms with E-state index in [1.807, 2.05) is 6.92 Å². The number of sulfonamides is 1. The number of nitrogens with two attached hydrogens (primary N) is 1. The normalized spacial score (nSPS) is 21.8. The molecule has 1 aliphatic rings. The summed E-state index contributed by atoms with van der Waals surface area (Å²) < 4.78 is 32.0. The average molecular weight is 319 g/mol. The lowest BCUT2D eigenvalue weighted by molar-refractivity contribution is 0.185. The Balaban J connectivity index is 2.30. The van der Waals surface area contributed by atoms with Crippen LogP contribution >= 0.6 is 11.3 Å². The Morgan fingerprint density at radius 3 is 3.00 bits per heavy atom. The predicted octanol–water partition coefficient (Wildman–Crippen LogP) is 1.02. The summed E-state index contributed by atoms with van der Waals surface area (Å²) in [5.41, 5.74) is 6.60. The molecule has 2 rings (SSSR count). The number of hydrogen-bond donors (Lipinski definition) is 2. The highest BCUT2D eigenvalue weighted by Crippen LogP contribution is 2.39. The lowest BCUT2D eigenvalue weighted by atomic mass is 10.1. The van der Waals surface area contributed by atoms with E-state index >= 15 is 0 Å². The summed E-state index contributed by atoms with van der Waals surface area (Å²) in [5, 5.41) is 3.87. The molecule has 0 aliphatic carbocycles. The van der Waals surface area contributed by atoms with E-state index in [4.69, 9.17) is 10.5 Å². The van der Waals surface area contributed by atoms with Crippen molar-refractivity contribution in [3.8, 4) is 0 Å². The maximum Gasteiger partial charge on any atom is 0.253 e. The zero-order valence-corrected chi connectivity index (χ0v) is 13.4. The largest absolute Gasteiger partial charge is 0.391 e. The number of methoxy groups -OCH3 is 1. The van der Waals surface area contributed by atoms with Crippen LogP contribution in [0, 0.1) is 0 Å². The van der Waals surface area contributed by atoms with Gasteiger partial charge in [0.25, 0.3) is 10.0 Å². The number of thiophene rings is 1. The quantitative estimate of drug-likeness (QED) is 0.765. The molecular formula is C12H21N3O3S2. The molecule has 0 saturated carbocycles. The number of hydrogen-bond acceptors (Lipinski definition) is 6. The Hall–Kier alpha value is -0.670. The number of nitrogens with zero attached hydrogens (tertiary/aromatic N) is 1. The molecule has 1 aromatic rings. The Bertz CT molecular complexity index is 556. The summed E-state index contributed by atoms with van der Waals surface area (Å²) in [6.07, 6.45) is 0.685. The van der Waals surface area contributed by atoms with E-state index in [9.17, 15) is 8.42 Å². The van der Waals surface area contributed by atoms with Gasteiger partial charge >= 0.3 is 0 Å². The molecule has 0 unspecified atom stereocenters. The van der Waals surface area contributed by atoms with Crippen LogP contribution in [0.4, 0.5) is 5.00 Å². The van der Waals surface area contributed by atoms with Crippen LogP contribution in [0.25, 0.3) is 0 Å². The zero-order chi connectivity index (χ0) is 14.8. The van der Waals surface area contributed by atoms with Crippen molar-refractivity contribution in [3.05, 3.63) is 11.6 Å². The first-order valence-electron chi connectivity index (χ1n) is 6.62. The van der Waals surface area contributed by atoms with Gasteiger partial charge in [0.1, 0.15) is 4.21 Å². The molecule has 0 fully saturated rings. The fourth-order valence-corrected chi connectivity index (χ4v) is 5.58. The third kappa shape index (κ3) is 2.99. The summed E-state index contributed by atoms with van der Waals surface area (Å²) >= 11 is 1.15. The van der Waals surface area contributed by atoms with Gasteiger partial charge in [0.05, 0.1) is 5.00 Å². The Morgan fingerprint density at radius 1 is 1.60 bits per heavy atom. The first-order chi connectivity index (χ1) is 9.50. The molecule has 0 bridgehead atoms. The Morgan fingerprint density at radius 2 is 2.35 bits per heavy atom. The summed E-state index contributed by atoms with van der Waals surface area (Å²) in [4.78, 5) is 0. The molecule has 0 aromatic carbocycles. The maximum atomic E-state index is 12.6. The Labute approximate surface area is 124 Å². The van der Waals surface area contributed by atoms with Crippen LogP contribution in [0.2, 0.25) is 0 Å². The summed E-state index contributed by atoms with van der Waals surface area (Å²) in [5.74, 6) is 0. The van der Waals surface area contributed by atoms with E-state index < -0.39 is 10.0 Å². The average Bonchev–Trinajstić information content (AvgIpc) is 2.78. The molecule has 1 aliphatic heterocycles. The SMILES string of the molecule is CCN[C@H]1CN(CCCOC)S(=O)(=O)c2sc(N)cc21. The van der Waals surface area contributed by atoms with Crippen molar-refractivity contribution in [2.45, 2.75) is 23.6 Å². The van der Waals surface area contributed by atoms with Crippen LogP contribution in [0.5, 0.6) is 0 Å². The van der Waals surface area contributed by atoms with Gasteiger partial charge in [-0.2, -0.15) is 4.31 Å². The predicted molar refractivity (Wildman–Crippen MR) is 80.4 cm³/mol. The fraction of sp³-hybridized carbons (Fsp3) is 0.667. The van der Waals surface area contributed by atoms with Gasteiger partial charge in [-0.15, -0.1) is 11.3 Å². The van der Waals surface area contributed by atoms with Crippen LogP contribution in [-0.2, 0) is 14.8 Å². The van der Waals surface area contributed by atoms with E-state index in [0.29, 0.717) is 35.3 Å². The summed E-state index contributed by atoms with van der Waals surface area (Å²) in [6.45, 7) is 4.26. The molecule has 3 N–H and O–H groups in total. The number of fused-ring (bicyclic) bond motifs is 1. The molecule has 0 radical (unpaired) electrons. The van der Waals surface area contributed by atoms with Gasteiger partial charge in [-0.05, 0) is 19.0 Å². The van der Waals surface area contributed by atoms with Gasteiger partial charge in [0.2, 0.25) is 0 Å². The molecule has 20 heavy (non-hydrogen) atoms. The minimum absolute atomic E-state index is 0.00891. The molecule has 6 nitrogen and oxygen atoms in total. The second kappa shape index (κ2) is 6.40. The third-order valence-corrected chi connectivity index (χ3v) is 6.66. The van der Waals surface area contributed by atoms with Crippen molar-refractivity contribution in [1.29, 1.82) is 0 Å². The molecule has 0 spiro atoms. The molecule has 0 amide bonds. The zero-order valence-electron chi connectivity index (χ0n) is 11.8. The molecule has 1 atom stereocenters. The lowest BCUT2D eigenvalue weighted by Crippen LogP contribution is -2.43. The van der Waals surface area contributed by atoms with E-state index in [0.717, 1.165) is 23.4 Å². The van der Waals surface area contributed by atoms with Crippen LogP contribution in [0.3, 0.4) is 0 Å². The van der Waals surface area contributed by atoms with E-state index in [-0.39, 0.29) is 6.04 Å². The molecule has 1 aromatic heterocycles. The van der Waals surface area contributed by atoms with Crippen molar-refractivity contribution >= 4 is 26.4 Å². The second-order valence-corrected chi connectivity index (χ2v) is 7.93. The van der Waals surface area contributed by atoms with Crippen molar-refractivity contribution in [2.75, 3.05) is 39.1 Å². The van der Waals surface area contributed by atoms with Gasteiger partial charge in [-0.3, -0.25) is 0 Å². The van der Waals surface area contributed by atoms with Crippen molar-refractivity contribution in [1.82, 2.24) is 9.62 Å². The number of anilines is 1. The van der Waals surface area contributed by atoms with Gasteiger partial charge in [0, 0.05) is 38.4 Å². The number of likely N-dealkylation sites (N-methyl/N-ethyl adjacent to an activating group) is 1. The highest BCUT2D eigenvalue weighted by Gasteiger charge is 2.38. The topological polar surface area (TPSA) is 84.7 Å². The van der Waals surface area contributed by atoms with Crippen LogP contribution < -0.4 is 11.1 Å². The standard InChI is InChI=1S/C12H21N3O3S2/c1-3-14-10-8-15(5-4-6-18-2)20(16,17)12-9(10)7-11(13)19-12/h7,10,14H,3-6,8,13H2,1-2H3/t10-/m0/s1. The van der Waals surface area contributed by atoms with Crippen molar-refractivity contribution < 1.29 is 13.2 Å². The minimum atomic E-state index is -3.42. The molecule has 8 heteroatoms. The summed E-state index contributed by atoms with van der Waals surface area (Å²) in [7, 11) is -1.80. The highest BCUT2D eigenvalue weighted by molar-refractivity contribution is 7.91. The third-order valence-electron chi connectivity index (χ3n) is 3.29. The number of rotatable bonds is 6. The fourth-order valence-electron chi connectivity index (χ4n) is 2.39. The first kappa shape index (κ1) is 15.7. The monoisotopic (exact) mass is 319 g/mol. The van der Waals surface area contributed by atoms with Gasteiger partial charge in [-0.1, -0.05) is 6.92 Å². The van der Waals surface area contributed by atoms with Gasteiger partial charge in [0.15, 0.2) is 0 Å². The van der Waals surface area contributed by atoms with Crippen LogP contribution in [-0.4, -0.2) is 46.1 Å². The lowest BCUT2D eigenvalue weighted by Gasteiger charge is -2.32. The Kier molecular flexibility index (Phi) is 5.03. The first-order valence-corrected chi connectivity index (χ1v) is 8.88. The molecule has 0 saturated heterocycles.